The predicted octanol–water partition coefficient (Wildman–Crippen LogP) is 2.84. The summed E-state index contributed by atoms with van der Waals surface area (Å²) in [5, 5.41) is 23.9. The second-order valence-electron chi connectivity index (χ2n) is 5.28. The summed E-state index contributed by atoms with van der Waals surface area (Å²) in [6.07, 6.45) is 0. The van der Waals surface area contributed by atoms with Gasteiger partial charge in [0.05, 0.1) is 24.3 Å². The number of aliphatic hydroxyl groups is 1. The van der Waals surface area contributed by atoms with Crippen LogP contribution in [0.1, 0.15) is 24.0 Å². The molecule has 0 bridgehead atoms. The van der Waals surface area contributed by atoms with E-state index in [0.29, 0.717) is 11.3 Å². The summed E-state index contributed by atoms with van der Waals surface area (Å²) >= 11 is 0. The van der Waals surface area contributed by atoms with Crippen LogP contribution in [0.15, 0.2) is 54.6 Å². The van der Waals surface area contributed by atoms with Gasteiger partial charge in [0.25, 0.3) is 0 Å². The third-order valence-corrected chi connectivity index (χ3v) is 3.69. The Morgan fingerprint density at radius 1 is 1.22 bits per heavy atom. The molecule has 0 radical (unpaired) electrons. The molecule has 5 nitrogen and oxygen atoms in total. The monoisotopic (exact) mass is 309 g/mol. The fourth-order valence-electron chi connectivity index (χ4n) is 2.32. The maximum absolute atomic E-state index is 12.1. The van der Waals surface area contributed by atoms with Crippen LogP contribution in [0.25, 0.3) is 0 Å². The molecule has 0 aliphatic rings. The highest BCUT2D eigenvalue weighted by molar-refractivity contribution is 5.89. The van der Waals surface area contributed by atoms with E-state index in [0.717, 1.165) is 5.56 Å². The van der Waals surface area contributed by atoms with Gasteiger partial charge in [-0.3, -0.25) is 0 Å². The van der Waals surface area contributed by atoms with Gasteiger partial charge in [0, 0.05) is 11.6 Å². The number of aliphatic hydroxyl groups excluding tert-OH is 1. The maximum Gasteiger partial charge on any atom is 0.319 e. The largest absolute Gasteiger partial charge is 0.394 e. The first-order valence-electron chi connectivity index (χ1n) is 7.37. The molecule has 0 spiro atoms. The fraction of sp³-hybridized carbons (Fsp3) is 0.222. The number of carbonyl (C=O) groups excluding carboxylic acids is 1. The predicted molar refractivity (Wildman–Crippen MR) is 89.0 cm³/mol. The second kappa shape index (κ2) is 7.97. The van der Waals surface area contributed by atoms with Crippen molar-refractivity contribution in [2.24, 2.45) is 0 Å². The van der Waals surface area contributed by atoms with Gasteiger partial charge in [-0.25, -0.2) is 4.79 Å². The van der Waals surface area contributed by atoms with Crippen LogP contribution in [-0.2, 0) is 0 Å². The van der Waals surface area contributed by atoms with Crippen molar-refractivity contribution >= 4 is 11.7 Å². The van der Waals surface area contributed by atoms with Crippen molar-refractivity contribution in [1.82, 2.24) is 5.32 Å². The molecule has 2 amide bonds. The molecule has 0 fully saturated rings. The van der Waals surface area contributed by atoms with Crippen LogP contribution in [0.2, 0.25) is 0 Å². The average Bonchev–Trinajstić information content (AvgIpc) is 2.60. The van der Waals surface area contributed by atoms with E-state index in [1.165, 1.54) is 0 Å². The molecule has 0 unspecified atom stereocenters. The van der Waals surface area contributed by atoms with E-state index in [9.17, 15) is 9.90 Å². The lowest BCUT2D eigenvalue weighted by Gasteiger charge is -2.24. The lowest BCUT2D eigenvalue weighted by molar-refractivity contribution is 0.215. The second-order valence-corrected chi connectivity index (χ2v) is 5.28. The van der Waals surface area contributed by atoms with E-state index in [2.05, 4.69) is 10.6 Å². The van der Waals surface area contributed by atoms with Crippen molar-refractivity contribution in [3.63, 3.8) is 0 Å². The Hall–Kier alpha value is -2.84. The number of urea groups is 1. The van der Waals surface area contributed by atoms with Gasteiger partial charge in [-0.2, -0.15) is 5.26 Å². The number of nitrogens with zero attached hydrogens (tertiary/aromatic N) is 1. The maximum atomic E-state index is 12.1. The van der Waals surface area contributed by atoms with Gasteiger partial charge >= 0.3 is 6.03 Å². The van der Waals surface area contributed by atoms with Gasteiger partial charge in [0.1, 0.15) is 0 Å². The Morgan fingerprint density at radius 2 is 1.96 bits per heavy atom. The normalized spacial score (nSPS) is 12.7. The summed E-state index contributed by atoms with van der Waals surface area (Å²) in [6.45, 7) is 1.79. The third-order valence-electron chi connectivity index (χ3n) is 3.69. The minimum Gasteiger partial charge on any atom is -0.394 e. The zero-order chi connectivity index (χ0) is 16.7. The first kappa shape index (κ1) is 16.5. The number of anilines is 1. The van der Waals surface area contributed by atoms with E-state index in [1.54, 1.807) is 24.3 Å². The zero-order valence-corrected chi connectivity index (χ0v) is 12.9. The zero-order valence-electron chi connectivity index (χ0n) is 12.9. The van der Waals surface area contributed by atoms with Crippen LogP contribution < -0.4 is 10.6 Å². The number of nitriles is 1. The molecular weight excluding hydrogens is 290 g/mol. The summed E-state index contributed by atoms with van der Waals surface area (Å²) in [4.78, 5) is 12.1. The number of benzene rings is 2. The Kier molecular flexibility index (Phi) is 5.73. The van der Waals surface area contributed by atoms with E-state index >= 15 is 0 Å². The van der Waals surface area contributed by atoms with Crippen LogP contribution in [0.3, 0.4) is 0 Å². The Morgan fingerprint density at radius 3 is 2.61 bits per heavy atom. The molecule has 118 valence electrons. The molecule has 2 aromatic rings. The fourth-order valence-corrected chi connectivity index (χ4v) is 2.32. The van der Waals surface area contributed by atoms with E-state index in [4.69, 9.17) is 5.26 Å². The average molecular weight is 309 g/mol. The molecular formula is C18H19N3O2. The van der Waals surface area contributed by atoms with E-state index in [-0.39, 0.29) is 12.5 Å². The van der Waals surface area contributed by atoms with Gasteiger partial charge < -0.3 is 15.7 Å². The lowest BCUT2D eigenvalue weighted by Crippen LogP contribution is -2.43. The quantitative estimate of drug-likeness (QED) is 0.794. The van der Waals surface area contributed by atoms with Gasteiger partial charge in [-0.05, 0) is 23.8 Å². The summed E-state index contributed by atoms with van der Waals surface area (Å²) in [5.74, 6) is -0.0302. The topological polar surface area (TPSA) is 85.2 Å². The summed E-state index contributed by atoms with van der Waals surface area (Å²) in [7, 11) is 0. The minimum absolute atomic E-state index is 0.0302. The Balaban J connectivity index is 2.01. The Labute approximate surface area is 135 Å². The highest BCUT2D eigenvalue weighted by atomic mass is 16.3. The molecule has 2 aromatic carbocycles. The molecule has 0 aliphatic carbocycles. The SMILES string of the molecule is C[C@@H](c1ccccc1)[C@@H](CO)NC(=O)Nc1cccc(C#N)c1. The molecule has 2 rings (SSSR count). The van der Waals surface area contributed by atoms with Crippen molar-refractivity contribution in [3.8, 4) is 6.07 Å². The smallest absolute Gasteiger partial charge is 0.319 e. The molecule has 0 aromatic heterocycles. The van der Waals surface area contributed by atoms with Crippen molar-refractivity contribution in [2.45, 2.75) is 18.9 Å². The first-order valence-corrected chi connectivity index (χ1v) is 7.37. The number of amides is 2. The molecule has 23 heavy (non-hydrogen) atoms. The van der Waals surface area contributed by atoms with Gasteiger partial charge in [0.2, 0.25) is 0 Å². The van der Waals surface area contributed by atoms with Crippen LogP contribution in [0.5, 0.6) is 0 Å². The minimum atomic E-state index is -0.415. The van der Waals surface area contributed by atoms with E-state index in [1.807, 2.05) is 43.3 Å². The molecule has 0 saturated heterocycles. The highest BCUT2D eigenvalue weighted by Gasteiger charge is 2.20. The van der Waals surface area contributed by atoms with Crippen molar-refractivity contribution in [3.05, 3.63) is 65.7 Å². The van der Waals surface area contributed by atoms with Crippen LogP contribution in [0.4, 0.5) is 10.5 Å². The van der Waals surface area contributed by atoms with Gasteiger partial charge in [-0.15, -0.1) is 0 Å². The molecule has 0 heterocycles. The van der Waals surface area contributed by atoms with Crippen molar-refractivity contribution < 1.29 is 9.90 Å². The van der Waals surface area contributed by atoms with Crippen LogP contribution in [-0.4, -0.2) is 23.8 Å². The molecule has 2 atom stereocenters. The number of hydrogen-bond donors (Lipinski definition) is 3. The third kappa shape index (κ3) is 4.56. The Bertz CT molecular complexity index is 695. The summed E-state index contributed by atoms with van der Waals surface area (Å²) in [6, 6.07) is 17.6. The molecule has 3 N–H and O–H groups in total. The van der Waals surface area contributed by atoms with Gasteiger partial charge in [0.15, 0.2) is 0 Å². The number of carbonyl (C=O) groups is 1. The highest BCUT2D eigenvalue weighted by Crippen LogP contribution is 2.19. The van der Waals surface area contributed by atoms with Crippen molar-refractivity contribution in [1.29, 1.82) is 5.26 Å². The summed E-state index contributed by atoms with van der Waals surface area (Å²) in [5.41, 5.74) is 2.04. The standard InChI is InChI=1S/C18H19N3O2/c1-13(15-7-3-2-4-8-15)17(12-22)21-18(23)20-16-9-5-6-14(10-16)11-19/h2-10,13,17,22H,12H2,1H3,(H2,20,21,23)/t13-,17+/m0/s1. The summed E-state index contributed by atoms with van der Waals surface area (Å²) < 4.78 is 0. The molecule has 0 aliphatic heterocycles. The number of hydrogen-bond acceptors (Lipinski definition) is 3. The number of rotatable bonds is 5. The van der Waals surface area contributed by atoms with Crippen molar-refractivity contribution in [2.75, 3.05) is 11.9 Å². The molecule has 0 saturated carbocycles. The van der Waals surface area contributed by atoms with Gasteiger partial charge in [-0.1, -0.05) is 43.3 Å². The lowest BCUT2D eigenvalue weighted by atomic mass is 9.94. The van der Waals surface area contributed by atoms with E-state index < -0.39 is 12.1 Å². The van der Waals surface area contributed by atoms with Crippen LogP contribution in [0, 0.1) is 11.3 Å². The van der Waals surface area contributed by atoms with Crippen LogP contribution >= 0.6 is 0 Å². The first-order chi connectivity index (χ1) is 11.1. The number of nitrogens with one attached hydrogen (secondary N) is 2. The molecule has 5 heteroatoms.